The number of anilines is 2. The van der Waals surface area contributed by atoms with Crippen molar-refractivity contribution in [1.82, 2.24) is 34.5 Å². The van der Waals surface area contributed by atoms with Crippen LogP contribution in [0.2, 0.25) is 0 Å². The molecule has 2 N–H and O–H groups in total. The standard InChI is InChI=1S/C20H17F6N9O/c21-19(22,23)13-2-1-11(7-27-13)12-8-28-15(31-12)10-29-16-17-30-9-14(20(24,25)26)35(17)33-18(32-16)34-3-5-36-6-4-34/h1-2,7-9H,3-6,10H2,(H,28,31)(H,29,32,33). The third-order valence-corrected chi connectivity index (χ3v) is 5.35. The predicted octanol–water partition coefficient (Wildman–Crippen LogP) is 3.40. The molecule has 0 atom stereocenters. The van der Waals surface area contributed by atoms with Crippen molar-refractivity contribution in [3.05, 3.63) is 47.9 Å². The van der Waals surface area contributed by atoms with Crippen molar-refractivity contribution < 1.29 is 31.1 Å². The maximum absolute atomic E-state index is 13.5. The van der Waals surface area contributed by atoms with Gasteiger partial charge in [0.15, 0.2) is 17.2 Å². The van der Waals surface area contributed by atoms with E-state index in [1.807, 2.05) is 0 Å². The third kappa shape index (κ3) is 4.75. The molecule has 10 nitrogen and oxygen atoms in total. The monoisotopic (exact) mass is 513 g/mol. The maximum atomic E-state index is 13.5. The number of halogens is 6. The van der Waals surface area contributed by atoms with Crippen LogP contribution >= 0.6 is 0 Å². The normalized spacial score (nSPS) is 15.0. The minimum Gasteiger partial charge on any atom is -0.378 e. The first-order chi connectivity index (χ1) is 17.1. The molecule has 1 saturated heterocycles. The van der Waals surface area contributed by atoms with Crippen LogP contribution in [-0.2, 0) is 23.6 Å². The highest BCUT2D eigenvalue weighted by Crippen LogP contribution is 2.31. The summed E-state index contributed by atoms with van der Waals surface area (Å²) in [5, 5.41) is 6.98. The van der Waals surface area contributed by atoms with E-state index in [1.54, 1.807) is 4.90 Å². The Kier molecular flexibility index (Phi) is 5.89. The summed E-state index contributed by atoms with van der Waals surface area (Å²) in [7, 11) is 0. The second-order valence-corrected chi connectivity index (χ2v) is 7.76. The number of ether oxygens (including phenoxy) is 1. The molecule has 36 heavy (non-hydrogen) atoms. The lowest BCUT2D eigenvalue weighted by Gasteiger charge is -2.27. The van der Waals surface area contributed by atoms with Crippen molar-refractivity contribution in [1.29, 1.82) is 0 Å². The molecule has 0 saturated carbocycles. The van der Waals surface area contributed by atoms with E-state index in [0.717, 1.165) is 12.3 Å². The fourth-order valence-electron chi connectivity index (χ4n) is 3.57. The van der Waals surface area contributed by atoms with Crippen LogP contribution in [0.15, 0.2) is 30.7 Å². The van der Waals surface area contributed by atoms with Crippen LogP contribution in [0.1, 0.15) is 17.2 Å². The molecule has 5 rings (SSSR count). The molecule has 0 radical (unpaired) electrons. The van der Waals surface area contributed by atoms with Gasteiger partial charge < -0.3 is 19.9 Å². The summed E-state index contributed by atoms with van der Waals surface area (Å²) in [4.78, 5) is 20.5. The van der Waals surface area contributed by atoms with E-state index in [-0.39, 0.29) is 24.0 Å². The van der Waals surface area contributed by atoms with Gasteiger partial charge in [0, 0.05) is 24.8 Å². The van der Waals surface area contributed by atoms with E-state index in [4.69, 9.17) is 4.74 Å². The molecule has 0 bridgehead atoms. The zero-order valence-electron chi connectivity index (χ0n) is 18.2. The molecule has 0 unspecified atom stereocenters. The smallest absolute Gasteiger partial charge is 0.378 e. The number of hydrogen-bond acceptors (Lipinski definition) is 8. The van der Waals surface area contributed by atoms with Crippen LogP contribution in [0.25, 0.3) is 16.9 Å². The quantitative estimate of drug-likeness (QED) is 0.391. The van der Waals surface area contributed by atoms with Crippen molar-refractivity contribution in [3.63, 3.8) is 0 Å². The van der Waals surface area contributed by atoms with Crippen molar-refractivity contribution in [2.24, 2.45) is 0 Å². The lowest BCUT2D eigenvalue weighted by atomic mass is 10.2. The number of alkyl halides is 6. The highest BCUT2D eigenvalue weighted by atomic mass is 19.4. The van der Waals surface area contributed by atoms with E-state index in [1.165, 1.54) is 12.3 Å². The van der Waals surface area contributed by atoms with Crippen LogP contribution < -0.4 is 10.2 Å². The summed E-state index contributed by atoms with van der Waals surface area (Å²) in [6.45, 7) is 1.59. The summed E-state index contributed by atoms with van der Waals surface area (Å²) in [6.07, 6.45) is -6.07. The van der Waals surface area contributed by atoms with Crippen LogP contribution in [0.4, 0.5) is 38.1 Å². The van der Waals surface area contributed by atoms with Gasteiger partial charge >= 0.3 is 12.4 Å². The number of hydrogen-bond donors (Lipinski definition) is 2. The lowest BCUT2D eigenvalue weighted by molar-refractivity contribution is -0.142. The largest absolute Gasteiger partial charge is 0.435 e. The first-order valence-corrected chi connectivity index (χ1v) is 10.6. The van der Waals surface area contributed by atoms with E-state index in [9.17, 15) is 26.3 Å². The molecule has 1 aliphatic rings. The van der Waals surface area contributed by atoms with Crippen molar-refractivity contribution >= 4 is 17.4 Å². The van der Waals surface area contributed by atoms with Gasteiger partial charge in [-0.3, -0.25) is 4.98 Å². The fraction of sp³-hybridized carbons (Fsp3) is 0.350. The van der Waals surface area contributed by atoms with E-state index >= 15 is 0 Å². The second-order valence-electron chi connectivity index (χ2n) is 7.76. The summed E-state index contributed by atoms with van der Waals surface area (Å²) in [5.74, 6) is 0.487. The van der Waals surface area contributed by atoms with Crippen LogP contribution in [-0.4, -0.2) is 60.8 Å². The van der Waals surface area contributed by atoms with Gasteiger partial charge in [-0.2, -0.15) is 31.3 Å². The molecule has 5 heterocycles. The van der Waals surface area contributed by atoms with Crippen LogP contribution in [0.3, 0.4) is 0 Å². The van der Waals surface area contributed by atoms with Gasteiger partial charge in [-0.05, 0) is 12.1 Å². The molecular formula is C20H17F6N9O. The zero-order valence-corrected chi connectivity index (χ0v) is 18.2. The molecule has 0 aromatic carbocycles. The van der Waals surface area contributed by atoms with Crippen molar-refractivity contribution in [3.8, 4) is 11.3 Å². The predicted molar refractivity (Wildman–Crippen MR) is 113 cm³/mol. The van der Waals surface area contributed by atoms with Crippen molar-refractivity contribution in [2.75, 3.05) is 36.5 Å². The lowest BCUT2D eigenvalue weighted by Crippen LogP contribution is -2.38. The average Bonchev–Trinajstić information content (AvgIpc) is 3.50. The van der Waals surface area contributed by atoms with E-state index < -0.39 is 23.7 Å². The molecule has 4 aromatic rings. The summed E-state index contributed by atoms with van der Waals surface area (Å²) >= 11 is 0. The first-order valence-electron chi connectivity index (χ1n) is 10.6. The van der Waals surface area contributed by atoms with Gasteiger partial charge in [0.1, 0.15) is 11.5 Å². The SMILES string of the molecule is FC(F)(F)c1ccc(-c2cnc(CNc3nc(N4CCOCC4)nn4c(C(F)(F)F)cnc34)[nH]2)cn1. The topological polar surface area (TPSA) is 109 Å². The highest BCUT2D eigenvalue weighted by Gasteiger charge is 2.36. The maximum Gasteiger partial charge on any atom is 0.435 e. The van der Waals surface area contributed by atoms with E-state index in [0.29, 0.717) is 54.1 Å². The molecule has 190 valence electrons. The number of rotatable bonds is 5. The fourth-order valence-corrected chi connectivity index (χ4v) is 3.57. The molecule has 0 amide bonds. The number of pyridine rings is 1. The number of nitrogens with zero attached hydrogens (tertiary/aromatic N) is 7. The van der Waals surface area contributed by atoms with Gasteiger partial charge in [-0.25, -0.2) is 14.5 Å². The minimum atomic E-state index is -4.68. The van der Waals surface area contributed by atoms with Gasteiger partial charge in [0.2, 0.25) is 5.95 Å². The van der Waals surface area contributed by atoms with Crippen LogP contribution in [0, 0.1) is 0 Å². The molecule has 16 heteroatoms. The summed E-state index contributed by atoms with van der Waals surface area (Å²) in [6, 6.07) is 2.11. The number of aromatic nitrogens is 7. The van der Waals surface area contributed by atoms with Gasteiger partial charge in [0.25, 0.3) is 0 Å². The first kappa shape index (κ1) is 23.8. The number of fused-ring (bicyclic) bond motifs is 1. The Morgan fingerprint density at radius 3 is 2.39 bits per heavy atom. The number of H-pyrrole nitrogens is 1. The Morgan fingerprint density at radius 1 is 0.944 bits per heavy atom. The molecule has 0 aliphatic carbocycles. The average molecular weight is 513 g/mol. The van der Waals surface area contributed by atoms with Gasteiger partial charge in [-0.15, -0.1) is 5.10 Å². The Bertz CT molecular complexity index is 1360. The third-order valence-electron chi connectivity index (χ3n) is 5.35. The minimum absolute atomic E-state index is 0.0114. The second kappa shape index (κ2) is 8.92. The van der Waals surface area contributed by atoms with Crippen molar-refractivity contribution in [2.45, 2.75) is 18.9 Å². The molecular weight excluding hydrogens is 496 g/mol. The van der Waals surface area contributed by atoms with Gasteiger partial charge in [0.05, 0.1) is 37.8 Å². The number of nitrogens with one attached hydrogen (secondary N) is 2. The summed E-state index contributed by atoms with van der Waals surface area (Å²) < 4.78 is 84.7. The highest BCUT2D eigenvalue weighted by molar-refractivity contribution is 5.65. The van der Waals surface area contributed by atoms with Crippen LogP contribution in [0.5, 0.6) is 0 Å². The Labute approximate surface area is 198 Å². The Morgan fingerprint density at radius 2 is 1.72 bits per heavy atom. The molecule has 4 aromatic heterocycles. The molecule has 1 fully saturated rings. The zero-order chi connectivity index (χ0) is 25.5. The number of aromatic amines is 1. The Hall–Kier alpha value is -3.95. The molecule has 0 spiro atoms. The number of morpholine rings is 1. The Balaban J connectivity index is 1.40. The van der Waals surface area contributed by atoms with E-state index in [2.05, 4.69) is 35.3 Å². The summed E-state index contributed by atoms with van der Waals surface area (Å²) in [5.41, 5.74) is -1.40. The van der Waals surface area contributed by atoms with Gasteiger partial charge in [-0.1, -0.05) is 0 Å². The molecule has 1 aliphatic heterocycles. The number of imidazole rings is 2.